The van der Waals surface area contributed by atoms with Crippen LogP contribution in [0.4, 0.5) is 0 Å². The number of nitrogens with one attached hydrogen (secondary N) is 1. The van der Waals surface area contributed by atoms with Crippen molar-refractivity contribution in [3.8, 4) is 0 Å². The first kappa shape index (κ1) is 20.3. The summed E-state index contributed by atoms with van der Waals surface area (Å²) in [7, 11) is 0. The van der Waals surface area contributed by atoms with Gasteiger partial charge in [0.15, 0.2) is 0 Å². The molecule has 0 bridgehead atoms. The monoisotopic (exact) mass is 426 g/mol. The number of aromatic nitrogens is 2. The summed E-state index contributed by atoms with van der Waals surface area (Å²) in [5.74, 6) is 0.816. The van der Waals surface area contributed by atoms with Crippen LogP contribution in [-0.2, 0) is 4.79 Å². The maximum Gasteiger partial charge on any atom is 0.220 e. The van der Waals surface area contributed by atoms with Gasteiger partial charge in [-0.2, -0.15) is 0 Å². The van der Waals surface area contributed by atoms with Crippen LogP contribution in [0.2, 0.25) is 0 Å². The van der Waals surface area contributed by atoms with Crippen LogP contribution in [0.3, 0.4) is 0 Å². The number of rotatable bonds is 8. The molecule has 29 heavy (non-hydrogen) atoms. The molecule has 3 heterocycles. The highest BCUT2D eigenvalue weighted by molar-refractivity contribution is 7.99. The van der Waals surface area contributed by atoms with E-state index >= 15 is 0 Å². The predicted octanol–water partition coefficient (Wildman–Crippen LogP) is 4.44. The number of hydrogen-bond donors (Lipinski definition) is 1. The summed E-state index contributed by atoms with van der Waals surface area (Å²) in [5, 5.41) is 5.22. The SMILES string of the molecule is Cc1cc2c(SCCC(=O)NCC(c3ccccc3)N3CCCC3)ncnc2s1. The molecule has 1 aliphatic heterocycles. The first-order chi connectivity index (χ1) is 14.2. The molecule has 4 rings (SSSR count). The molecule has 1 saturated heterocycles. The molecule has 1 aliphatic rings. The largest absolute Gasteiger partial charge is 0.354 e. The zero-order valence-electron chi connectivity index (χ0n) is 16.6. The van der Waals surface area contributed by atoms with Gasteiger partial charge >= 0.3 is 0 Å². The third kappa shape index (κ3) is 5.15. The number of benzene rings is 1. The fourth-order valence-electron chi connectivity index (χ4n) is 3.79. The number of likely N-dealkylation sites (tertiary alicyclic amines) is 1. The van der Waals surface area contributed by atoms with E-state index in [-0.39, 0.29) is 11.9 Å². The van der Waals surface area contributed by atoms with Gasteiger partial charge in [0.1, 0.15) is 16.2 Å². The number of amides is 1. The van der Waals surface area contributed by atoms with E-state index in [1.165, 1.54) is 23.3 Å². The van der Waals surface area contributed by atoms with Gasteiger partial charge in [0, 0.05) is 29.0 Å². The van der Waals surface area contributed by atoms with Crippen molar-refractivity contribution in [1.29, 1.82) is 0 Å². The molecule has 3 aromatic rings. The number of aryl methyl sites for hydroxylation is 1. The van der Waals surface area contributed by atoms with Crippen LogP contribution in [0.25, 0.3) is 10.2 Å². The highest BCUT2D eigenvalue weighted by Crippen LogP contribution is 2.30. The van der Waals surface area contributed by atoms with Crippen LogP contribution in [0.15, 0.2) is 47.8 Å². The zero-order valence-corrected chi connectivity index (χ0v) is 18.3. The average molecular weight is 427 g/mol. The smallest absolute Gasteiger partial charge is 0.220 e. The van der Waals surface area contributed by atoms with E-state index in [0.29, 0.717) is 18.7 Å². The summed E-state index contributed by atoms with van der Waals surface area (Å²) < 4.78 is 0. The standard InChI is InChI=1S/C22H26N4OS2/c1-16-13-18-21(24-15-25-22(18)29-16)28-12-9-20(27)23-14-19(26-10-5-6-11-26)17-7-3-2-4-8-17/h2-4,7-8,13,15,19H,5-6,9-12,14H2,1H3,(H,23,27). The van der Waals surface area contributed by atoms with E-state index in [9.17, 15) is 4.79 Å². The van der Waals surface area contributed by atoms with E-state index < -0.39 is 0 Å². The van der Waals surface area contributed by atoms with Crippen molar-refractivity contribution < 1.29 is 4.79 Å². The lowest BCUT2D eigenvalue weighted by Gasteiger charge is -2.28. The minimum atomic E-state index is 0.101. The quantitative estimate of drug-likeness (QED) is 0.426. The molecule has 1 aromatic carbocycles. The molecule has 7 heteroatoms. The Hall–Kier alpha value is -1.96. The maximum absolute atomic E-state index is 12.5. The van der Waals surface area contributed by atoms with Gasteiger partial charge in [0.2, 0.25) is 5.91 Å². The van der Waals surface area contributed by atoms with Gasteiger partial charge in [0.05, 0.1) is 6.04 Å². The summed E-state index contributed by atoms with van der Waals surface area (Å²) in [5.41, 5.74) is 1.28. The molecule has 0 saturated carbocycles. The molecule has 1 N–H and O–H groups in total. The van der Waals surface area contributed by atoms with Crippen LogP contribution >= 0.6 is 23.1 Å². The van der Waals surface area contributed by atoms with Gasteiger partial charge in [-0.1, -0.05) is 30.3 Å². The Bertz CT molecular complexity index is 954. The molecule has 0 spiro atoms. The Labute approximate surface area is 179 Å². The van der Waals surface area contributed by atoms with Crippen molar-refractivity contribution >= 4 is 39.2 Å². The van der Waals surface area contributed by atoms with E-state index in [1.807, 2.05) is 6.07 Å². The Morgan fingerprint density at radius 2 is 2.03 bits per heavy atom. The lowest BCUT2D eigenvalue weighted by molar-refractivity contribution is -0.120. The van der Waals surface area contributed by atoms with Crippen LogP contribution in [0, 0.1) is 6.92 Å². The van der Waals surface area contributed by atoms with E-state index in [2.05, 4.69) is 57.4 Å². The first-order valence-electron chi connectivity index (χ1n) is 10.1. The number of carbonyl (C=O) groups excluding carboxylic acids is 1. The molecule has 2 aromatic heterocycles. The van der Waals surface area contributed by atoms with Crippen molar-refractivity contribution in [2.45, 2.75) is 37.3 Å². The molecule has 1 fully saturated rings. The second-order valence-corrected chi connectivity index (χ2v) is 9.65. The van der Waals surface area contributed by atoms with Crippen molar-refractivity contribution in [2.75, 3.05) is 25.4 Å². The van der Waals surface area contributed by atoms with Crippen LogP contribution < -0.4 is 5.32 Å². The zero-order chi connectivity index (χ0) is 20.1. The van der Waals surface area contributed by atoms with Crippen LogP contribution in [-0.4, -0.2) is 46.2 Å². The van der Waals surface area contributed by atoms with Gasteiger partial charge in [0.25, 0.3) is 0 Å². The number of carbonyl (C=O) groups is 1. The summed E-state index contributed by atoms with van der Waals surface area (Å²) in [6.45, 7) is 4.96. The topological polar surface area (TPSA) is 58.1 Å². The molecule has 0 aliphatic carbocycles. The fourth-order valence-corrected chi connectivity index (χ4v) is 5.62. The summed E-state index contributed by atoms with van der Waals surface area (Å²) in [6, 6.07) is 12.9. The van der Waals surface area contributed by atoms with Gasteiger partial charge in [-0.25, -0.2) is 9.97 Å². The van der Waals surface area contributed by atoms with E-state index in [1.54, 1.807) is 29.4 Å². The van der Waals surface area contributed by atoms with Gasteiger partial charge in [-0.15, -0.1) is 23.1 Å². The molecule has 0 radical (unpaired) electrons. The second-order valence-electron chi connectivity index (χ2n) is 7.33. The average Bonchev–Trinajstić information content (AvgIpc) is 3.38. The Morgan fingerprint density at radius 1 is 1.24 bits per heavy atom. The first-order valence-corrected chi connectivity index (χ1v) is 11.9. The Morgan fingerprint density at radius 3 is 2.83 bits per heavy atom. The molecule has 152 valence electrons. The van der Waals surface area contributed by atoms with Crippen LogP contribution in [0.5, 0.6) is 0 Å². The molecular weight excluding hydrogens is 400 g/mol. The van der Waals surface area contributed by atoms with Crippen molar-refractivity contribution in [2.24, 2.45) is 0 Å². The lowest BCUT2D eigenvalue weighted by Crippen LogP contribution is -2.36. The second kappa shape index (κ2) is 9.69. The van der Waals surface area contributed by atoms with Gasteiger partial charge < -0.3 is 5.32 Å². The highest BCUT2D eigenvalue weighted by atomic mass is 32.2. The lowest BCUT2D eigenvalue weighted by atomic mass is 10.1. The minimum Gasteiger partial charge on any atom is -0.354 e. The number of thiophene rings is 1. The summed E-state index contributed by atoms with van der Waals surface area (Å²) in [4.78, 5) is 25.9. The highest BCUT2D eigenvalue weighted by Gasteiger charge is 2.23. The molecule has 1 atom stereocenters. The third-order valence-electron chi connectivity index (χ3n) is 5.24. The van der Waals surface area contributed by atoms with Crippen LogP contribution in [0.1, 0.15) is 35.7 Å². The third-order valence-corrected chi connectivity index (χ3v) is 7.21. The van der Waals surface area contributed by atoms with Crippen molar-refractivity contribution in [1.82, 2.24) is 20.2 Å². The van der Waals surface area contributed by atoms with Gasteiger partial charge in [-0.05, 0) is 44.5 Å². The minimum absolute atomic E-state index is 0.101. The number of hydrogen-bond acceptors (Lipinski definition) is 6. The maximum atomic E-state index is 12.5. The fraction of sp³-hybridized carbons (Fsp3) is 0.409. The molecule has 5 nitrogen and oxygen atoms in total. The predicted molar refractivity (Wildman–Crippen MR) is 120 cm³/mol. The Balaban J connectivity index is 1.30. The summed E-state index contributed by atoms with van der Waals surface area (Å²) in [6.07, 6.45) is 4.58. The normalized spacial score (nSPS) is 15.6. The molecule has 1 amide bonds. The number of thioether (sulfide) groups is 1. The molecular formula is C22H26N4OS2. The molecule has 1 unspecified atom stereocenters. The summed E-state index contributed by atoms with van der Waals surface area (Å²) >= 11 is 3.31. The van der Waals surface area contributed by atoms with Crippen molar-refractivity contribution in [3.05, 3.63) is 53.2 Å². The number of nitrogens with zero attached hydrogens (tertiary/aromatic N) is 3. The van der Waals surface area contributed by atoms with Crippen molar-refractivity contribution in [3.63, 3.8) is 0 Å². The number of fused-ring (bicyclic) bond motifs is 1. The van der Waals surface area contributed by atoms with E-state index in [0.717, 1.165) is 28.3 Å². The van der Waals surface area contributed by atoms with Gasteiger partial charge in [-0.3, -0.25) is 9.69 Å². The Kier molecular flexibility index (Phi) is 6.79. The van der Waals surface area contributed by atoms with E-state index in [4.69, 9.17) is 0 Å².